The van der Waals surface area contributed by atoms with Crippen LogP contribution in [0.3, 0.4) is 0 Å². The first-order chi connectivity index (χ1) is 14.2. The molecule has 5 heteroatoms. The van der Waals surface area contributed by atoms with Gasteiger partial charge >= 0.3 is 0 Å². The maximum Gasteiger partial charge on any atom is 0.259 e. The largest absolute Gasteiger partial charge is 0.460 e. The topological polar surface area (TPSA) is 38.4 Å². The van der Waals surface area contributed by atoms with E-state index in [1.165, 1.54) is 12.1 Å². The van der Waals surface area contributed by atoms with Gasteiger partial charge in [-0.3, -0.25) is 9.69 Å². The minimum absolute atomic E-state index is 0.172. The molecular formula is C24H22N2O2S. The normalized spacial score (nSPS) is 21.4. The van der Waals surface area contributed by atoms with Gasteiger partial charge < -0.3 is 8.98 Å². The van der Waals surface area contributed by atoms with E-state index in [9.17, 15) is 4.79 Å². The third-order valence-electron chi connectivity index (χ3n) is 6.32. The van der Waals surface area contributed by atoms with E-state index >= 15 is 0 Å². The molecule has 0 spiro atoms. The quantitative estimate of drug-likeness (QED) is 0.487. The summed E-state index contributed by atoms with van der Waals surface area (Å²) in [6, 6.07) is 18.6. The molecule has 0 aliphatic carbocycles. The monoisotopic (exact) mass is 402 g/mol. The average Bonchev–Trinajstić information content (AvgIpc) is 3.38. The van der Waals surface area contributed by atoms with Gasteiger partial charge in [-0.15, -0.1) is 11.3 Å². The molecule has 0 saturated carbocycles. The van der Waals surface area contributed by atoms with Crippen molar-refractivity contribution in [2.45, 2.75) is 25.4 Å². The molecule has 2 unspecified atom stereocenters. The van der Waals surface area contributed by atoms with Crippen molar-refractivity contribution in [3.63, 3.8) is 0 Å². The fourth-order valence-electron chi connectivity index (χ4n) is 5.13. The zero-order chi connectivity index (χ0) is 19.4. The van der Waals surface area contributed by atoms with E-state index in [0.717, 1.165) is 53.3 Å². The lowest BCUT2D eigenvalue weighted by molar-refractivity contribution is 0.108. The number of pyridine rings is 1. The number of para-hydroxylation sites is 1. The van der Waals surface area contributed by atoms with Gasteiger partial charge in [0.2, 0.25) is 0 Å². The molecule has 0 amide bonds. The third-order valence-corrected chi connectivity index (χ3v) is 7.23. The lowest BCUT2D eigenvalue weighted by Crippen LogP contribution is -2.46. The number of nitrogens with zero attached hydrogens (tertiary/aromatic N) is 2. The predicted molar refractivity (Wildman–Crippen MR) is 116 cm³/mol. The Morgan fingerprint density at radius 3 is 2.83 bits per heavy atom. The van der Waals surface area contributed by atoms with Crippen molar-refractivity contribution in [1.82, 2.24) is 9.47 Å². The average molecular weight is 403 g/mol. The van der Waals surface area contributed by atoms with Crippen LogP contribution in [0.1, 0.15) is 23.8 Å². The summed E-state index contributed by atoms with van der Waals surface area (Å²) in [6.45, 7) is 3.65. The summed E-state index contributed by atoms with van der Waals surface area (Å²) < 4.78 is 8.09. The molecule has 146 valence electrons. The molecule has 1 aromatic carbocycles. The Bertz CT molecular complexity index is 1200. The molecule has 1 fully saturated rings. The van der Waals surface area contributed by atoms with Crippen LogP contribution in [-0.2, 0) is 13.1 Å². The van der Waals surface area contributed by atoms with E-state index in [-0.39, 0.29) is 5.56 Å². The van der Waals surface area contributed by atoms with Gasteiger partial charge in [-0.2, -0.15) is 0 Å². The summed E-state index contributed by atoms with van der Waals surface area (Å²) in [7, 11) is 0. The molecule has 4 nitrogen and oxygen atoms in total. The molecular weight excluding hydrogens is 380 g/mol. The molecule has 3 aromatic heterocycles. The highest BCUT2D eigenvalue weighted by Gasteiger charge is 2.35. The second-order valence-corrected chi connectivity index (χ2v) is 9.26. The van der Waals surface area contributed by atoms with Crippen LogP contribution in [0, 0.1) is 5.92 Å². The SMILES string of the molecule is O=c1c(-c2cccs2)ccc2n1CC1CC2CN(Cc2cc3ccccc3o2)C1. The molecule has 29 heavy (non-hydrogen) atoms. The number of rotatable bonds is 3. The van der Waals surface area contributed by atoms with E-state index < -0.39 is 0 Å². The van der Waals surface area contributed by atoms with E-state index in [4.69, 9.17) is 4.42 Å². The van der Waals surface area contributed by atoms with Crippen LogP contribution in [0.25, 0.3) is 21.4 Å². The Balaban J connectivity index is 1.28. The lowest BCUT2D eigenvalue weighted by Gasteiger charge is -2.42. The molecule has 5 heterocycles. The van der Waals surface area contributed by atoms with Crippen LogP contribution in [-0.4, -0.2) is 22.6 Å². The highest BCUT2D eigenvalue weighted by atomic mass is 32.1. The molecule has 2 aliphatic rings. The van der Waals surface area contributed by atoms with Gasteiger partial charge in [0, 0.05) is 41.5 Å². The number of hydrogen-bond donors (Lipinski definition) is 0. The maximum atomic E-state index is 13.2. The van der Waals surface area contributed by atoms with Gasteiger partial charge in [-0.05, 0) is 48.1 Å². The summed E-state index contributed by atoms with van der Waals surface area (Å²) in [5.41, 5.74) is 3.16. The number of hydrogen-bond acceptors (Lipinski definition) is 4. The maximum absolute atomic E-state index is 13.2. The predicted octanol–water partition coefficient (Wildman–Crippen LogP) is 4.94. The highest BCUT2D eigenvalue weighted by Crippen LogP contribution is 2.37. The number of benzene rings is 1. The number of piperidine rings is 1. The number of fused-ring (bicyclic) bond motifs is 5. The van der Waals surface area contributed by atoms with Crippen molar-refractivity contribution in [1.29, 1.82) is 0 Å². The van der Waals surface area contributed by atoms with Crippen LogP contribution < -0.4 is 5.56 Å². The second kappa shape index (κ2) is 6.71. The lowest BCUT2D eigenvalue weighted by atomic mass is 9.83. The van der Waals surface area contributed by atoms with Gasteiger partial charge in [-0.1, -0.05) is 24.3 Å². The summed E-state index contributed by atoms with van der Waals surface area (Å²) >= 11 is 1.63. The second-order valence-electron chi connectivity index (χ2n) is 8.31. The zero-order valence-electron chi connectivity index (χ0n) is 16.1. The molecule has 2 aliphatic heterocycles. The molecule has 0 N–H and O–H groups in total. The smallest absolute Gasteiger partial charge is 0.259 e. The Labute approximate surface area is 173 Å². The summed E-state index contributed by atoms with van der Waals surface area (Å²) in [4.78, 5) is 16.7. The molecule has 2 atom stereocenters. The van der Waals surface area contributed by atoms with Crippen molar-refractivity contribution in [3.05, 3.63) is 81.8 Å². The molecule has 6 rings (SSSR count). The fourth-order valence-corrected chi connectivity index (χ4v) is 5.87. The minimum Gasteiger partial charge on any atom is -0.460 e. The summed E-state index contributed by atoms with van der Waals surface area (Å²) in [5.74, 6) is 1.95. The minimum atomic E-state index is 0.172. The van der Waals surface area contributed by atoms with Gasteiger partial charge in [0.05, 0.1) is 12.1 Å². The van der Waals surface area contributed by atoms with Crippen LogP contribution in [0.4, 0.5) is 0 Å². The van der Waals surface area contributed by atoms with Crippen molar-refractivity contribution in [2.24, 2.45) is 5.92 Å². The summed E-state index contributed by atoms with van der Waals surface area (Å²) in [5, 5.41) is 3.20. The first-order valence-electron chi connectivity index (χ1n) is 10.2. The number of likely N-dealkylation sites (tertiary alicyclic amines) is 1. The van der Waals surface area contributed by atoms with Crippen LogP contribution in [0.2, 0.25) is 0 Å². The van der Waals surface area contributed by atoms with Crippen molar-refractivity contribution < 1.29 is 4.42 Å². The Morgan fingerprint density at radius 1 is 1.03 bits per heavy atom. The van der Waals surface area contributed by atoms with E-state index in [1.54, 1.807) is 11.3 Å². The van der Waals surface area contributed by atoms with Crippen molar-refractivity contribution >= 4 is 22.3 Å². The first kappa shape index (κ1) is 17.2. The van der Waals surface area contributed by atoms with E-state index in [1.807, 2.05) is 46.3 Å². The highest BCUT2D eigenvalue weighted by molar-refractivity contribution is 7.13. The Kier molecular flexibility index (Phi) is 3.99. The van der Waals surface area contributed by atoms with E-state index in [2.05, 4.69) is 23.1 Å². The van der Waals surface area contributed by atoms with Crippen LogP contribution in [0.5, 0.6) is 0 Å². The molecule has 2 bridgehead atoms. The van der Waals surface area contributed by atoms with Gasteiger partial charge in [0.15, 0.2) is 0 Å². The number of thiophene rings is 1. The van der Waals surface area contributed by atoms with Crippen LogP contribution in [0.15, 0.2) is 69.2 Å². The van der Waals surface area contributed by atoms with Crippen LogP contribution >= 0.6 is 11.3 Å². The summed E-state index contributed by atoms with van der Waals surface area (Å²) in [6.07, 6.45) is 1.18. The number of aromatic nitrogens is 1. The standard InChI is InChI=1S/C24H22N2O2S/c27-24-20(23-6-3-9-29-23)7-8-21-18-10-16(13-26(21)24)12-25(14-18)15-19-11-17-4-1-2-5-22(17)28-19/h1-9,11,16,18H,10,12-15H2. The third kappa shape index (κ3) is 2.96. The van der Waals surface area contributed by atoms with Crippen molar-refractivity contribution in [3.8, 4) is 10.4 Å². The first-order valence-corrected chi connectivity index (χ1v) is 11.1. The van der Waals surface area contributed by atoms with Crippen molar-refractivity contribution in [2.75, 3.05) is 13.1 Å². The van der Waals surface area contributed by atoms with Gasteiger partial charge in [-0.25, -0.2) is 0 Å². The molecule has 1 saturated heterocycles. The molecule has 4 aromatic rings. The van der Waals surface area contributed by atoms with Gasteiger partial charge in [0.1, 0.15) is 11.3 Å². The zero-order valence-corrected chi connectivity index (χ0v) is 16.9. The van der Waals surface area contributed by atoms with Gasteiger partial charge in [0.25, 0.3) is 5.56 Å². The Morgan fingerprint density at radius 2 is 1.97 bits per heavy atom. The fraction of sp³-hybridized carbons (Fsp3) is 0.292. The molecule has 0 radical (unpaired) electrons. The number of furan rings is 1. The Hall–Kier alpha value is -2.63. The van der Waals surface area contributed by atoms with E-state index in [0.29, 0.717) is 11.8 Å².